The number of carbonyl (C=O) groups is 1. The Morgan fingerprint density at radius 2 is 1.66 bits per heavy atom. The van der Waals surface area contributed by atoms with Gasteiger partial charge in [0.2, 0.25) is 0 Å². The van der Waals surface area contributed by atoms with Gasteiger partial charge in [-0.1, -0.05) is 60.5 Å². The van der Waals surface area contributed by atoms with Crippen LogP contribution >= 0.6 is 11.6 Å². The number of halogens is 1. The fraction of sp³-hybridized carbons (Fsp3) is 0.250. The Labute approximate surface area is 228 Å². The highest BCUT2D eigenvalue weighted by molar-refractivity contribution is 6.31. The summed E-state index contributed by atoms with van der Waals surface area (Å²) in [6.45, 7) is 11.1. The van der Waals surface area contributed by atoms with Crippen molar-refractivity contribution >= 4 is 46.2 Å². The van der Waals surface area contributed by atoms with Crippen molar-refractivity contribution in [3.8, 4) is 0 Å². The Kier molecular flexibility index (Phi) is 7.93. The SMILES string of the molecule is [C-]#[N+]c1cc(Cl)ccc1/C(=C(\c1ccc(/C=C/C(=O)O)cc1)c1ccc(N2CCOCC2)cc1)C1CCC1. The maximum atomic E-state index is 11.0. The van der Waals surface area contributed by atoms with Gasteiger partial charge in [-0.3, -0.25) is 0 Å². The van der Waals surface area contributed by atoms with Gasteiger partial charge in [-0.15, -0.1) is 0 Å². The van der Waals surface area contributed by atoms with Gasteiger partial charge in [0.25, 0.3) is 0 Å². The van der Waals surface area contributed by atoms with Gasteiger partial charge in [0.1, 0.15) is 0 Å². The van der Waals surface area contributed by atoms with Crippen molar-refractivity contribution in [1.82, 2.24) is 0 Å². The number of morpholine rings is 1. The van der Waals surface area contributed by atoms with Crippen LogP contribution in [0.3, 0.4) is 0 Å². The fourth-order valence-electron chi connectivity index (χ4n) is 5.15. The summed E-state index contributed by atoms with van der Waals surface area (Å²) >= 11 is 6.28. The summed E-state index contributed by atoms with van der Waals surface area (Å²) in [5.41, 5.74) is 7.86. The summed E-state index contributed by atoms with van der Waals surface area (Å²) in [4.78, 5) is 17.2. The first-order valence-corrected chi connectivity index (χ1v) is 13.3. The van der Waals surface area contributed by atoms with E-state index < -0.39 is 5.97 Å². The monoisotopic (exact) mass is 524 g/mol. The largest absolute Gasteiger partial charge is 0.478 e. The van der Waals surface area contributed by atoms with Crippen LogP contribution in [-0.4, -0.2) is 37.4 Å². The van der Waals surface area contributed by atoms with Gasteiger partial charge >= 0.3 is 5.97 Å². The average Bonchev–Trinajstić information content (AvgIpc) is 2.92. The minimum atomic E-state index is -0.975. The van der Waals surface area contributed by atoms with Gasteiger partial charge in [-0.25, -0.2) is 9.64 Å². The van der Waals surface area contributed by atoms with Gasteiger partial charge in [0.15, 0.2) is 5.69 Å². The van der Waals surface area contributed by atoms with Gasteiger partial charge in [0, 0.05) is 29.9 Å². The van der Waals surface area contributed by atoms with Crippen LogP contribution in [0.25, 0.3) is 22.1 Å². The van der Waals surface area contributed by atoms with Gasteiger partial charge in [0.05, 0.1) is 19.8 Å². The second kappa shape index (κ2) is 11.7. The maximum Gasteiger partial charge on any atom is 0.328 e. The highest BCUT2D eigenvalue weighted by Crippen LogP contribution is 2.48. The van der Waals surface area contributed by atoms with Crippen molar-refractivity contribution in [2.75, 3.05) is 31.2 Å². The Morgan fingerprint density at radius 1 is 1.00 bits per heavy atom. The van der Waals surface area contributed by atoms with E-state index in [9.17, 15) is 4.79 Å². The summed E-state index contributed by atoms with van der Waals surface area (Å²) in [6, 6.07) is 22.2. The van der Waals surface area contributed by atoms with Crippen molar-refractivity contribution in [1.29, 1.82) is 0 Å². The summed E-state index contributed by atoms with van der Waals surface area (Å²) in [5.74, 6) is -0.631. The Balaban J connectivity index is 1.67. The smallest absolute Gasteiger partial charge is 0.328 e. The van der Waals surface area contributed by atoms with E-state index in [1.807, 2.05) is 36.4 Å². The molecule has 0 atom stereocenters. The number of hydrogen-bond donors (Lipinski definition) is 1. The molecule has 0 radical (unpaired) electrons. The first-order chi connectivity index (χ1) is 18.5. The van der Waals surface area contributed by atoms with Crippen LogP contribution in [0.1, 0.15) is 41.5 Å². The number of nitrogens with zero attached hydrogens (tertiary/aromatic N) is 2. The molecule has 3 aromatic rings. The van der Waals surface area contributed by atoms with Gasteiger partial charge < -0.3 is 14.7 Å². The number of carboxylic acids is 1. The van der Waals surface area contributed by atoms with E-state index in [2.05, 4.69) is 34.0 Å². The molecule has 0 bridgehead atoms. The normalized spacial score (nSPS) is 16.6. The number of ether oxygens (including phenoxy) is 1. The van der Waals surface area contributed by atoms with Crippen LogP contribution in [0.5, 0.6) is 0 Å². The molecule has 38 heavy (non-hydrogen) atoms. The lowest BCUT2D eigenvalue weighted by atomic mass is 9.72. The zero-order valence-electron chi connectivity index (χ0n) is 21.1. The summed E-state index contributed by atoms with van der Waals surface area (Å²) in [6.07, 6.45) is 6.05. The van der Waals surface area contributed by atoms with Crippen molar-refractivity contribution in [2.24, 2.45) is 5.92 Å². The van der Waals surface area contributed by atoms with Crippen molar-refractivity contribution in [3.05, 3.63) is 111 Å². The molecule has 1 aliphatic carbocycles. The van der Waals surface area contributed by atoms with Gasteiger partial charge in [-0.05, 0) is 82.5 Å². The lowest BCUT2D eigenvalue weighted by Gasteiger charge is -2.32. The quantitative estimate of drug-likeness (QED) is 0.196. The van der Waals surface area contributed by atoms with E-state index in [-0.39, 0.29) is 0 Å². The number of hydrogen-bond acceptors (Lipinski definition) is 3. The predicted molar refractivity (Wildman–Crippen MR) is 154 cm³/mol. The van der Waals surface area contributed by atoms with E-state index in [1.165, 1.54) is 11.3 Å². The lowest BCUT2D eigenvalue weighted by Crippen LogP contribution is -2.36. The third-order valence-electron chi connectivity index (χ3n) is 7.30. The Hall–Kier alpha value is -3.85. The molecule has 3 aromatic carbocycles. The van der Waals surface area contributed by atoms with Crippen molar-refractivity contribution in [2.45, 2.75) is 19.3 Å². The molecule has 192 valence electrons. The van der Waals surface area contributed by atoms with E-state index in [0.29, 0.717) is 16.6 Å². The molecule has 2 aliphatic rings. The maximum absolute atomic E-state index is 11.0. The van der Waals surface area contributed by atoms with Crippen LogP contribution in [-0.2, 0) is 9.53 Å². The molecule has 0 aromatic heterocycles. The molecule has 5 nitrogen and oxygen atoms in total. The minimum Gasteiger partial charge on any atom is -0.478 e. The zero-order valence-corrected chi connectivity index (χ0v) is 21.8. The molecule has 1 heterocycles. The van der Waals surface area contributed by atoms with E-state index in [1.54, 1.807) is 12.1 Å². The Morgan fingerprint density at radius 3 is 2.24 bits per heavy atom. The summed E-state index contributed by atoms with van der Waals surface area (Å²) in [7, 11) is 0. The number of benzene rings is 3. The molecule has 5 rings (SSSR count). The second-order valence-corrected chi connectivity index (χ2v) is 10.1. The molecule has 6 heteroatoms. The third-order valence-corrected chi connectivity index (χ3v) is 7.54. The van der Waals surface area contributed by atoms with E-state index >= 15 is 0 Å². The average molecular weight is 525 g/mol. The molecular weight excluding hydrogens is 496 g/mol. The minimum absolute atomic E-state index is 0.345. The van der Waals surface area contributed by atoms with Crippen LogP contribution in [0.15, 0.2) is 72.8 Å². The third kappa shape index (κ3) is 5.67. The molecule has 0 spiro atoms. The molecule has 0 amide bonds. The summed E-state index contributed by atoms with van der Waals surface area (Å²) in [5, 5.41) is 9.56. The highest BCUT2D eigenvalue weighted by Gasteiger charge is 2.28. The lowest BCUT2D eigenvalue weighted by molar-refractivity contribution is -0.131. The van der Waals surface area contributed by atoms with Crippen LogP contribution in [0, 0.1) is 12.5 Å². The molecule has 1 N–H and O–H groups in total. The molecular formula is C32H29ClN2O3. The predicted octanol–water partition coefficient (Wildman–Crippen LogP) is 7.58. The molecule has 1 saturated heterocycles. The van der Waals surface area contributed by atoms with Gasteiger partial charge in [-0.2, -0.15) is 0 Å². The van der Waals surface area contributed by atoms with Crippen molar-refractivity contribution in [3.63, 3.8) is 0 Å². The highest BCUT2D eigenvalue weighted by atomic mass is 35.5. The standard InChI is InChI=1S/C32H29ClN2O3/c1-34-29-21-26(33)12-15-28(29)32(23-3-2-4-23)31(24-8-5-22(6-9-24)7-16-30(36)37)25-10-13-27(14-11-25)35-17-19-38-20-18-35/h5-16,21,23H,2-4,17-20H2,(H,36,37)/b16-7+,32-31+. The number of allylic oxidation sites excluding steroid dienone is 1. The molecule has 0 unspecified atom stereocenters. The van der Waals surface area contributed by atoms with Crippen LogP contribution < -0.4 is 4.90 Å². The Bertz CT molecular complexity index is 1410. The zero-order chi connectivity index (χ0) is 26.5. The van der Waals surface area contributed by atoms with Crippen molar-refractivity contribution < 1.29 is 14.6 Å². The second-order valence-electron chi connectivity index (χ2n) is 9.63. The topological polar surface area (TPSA) is 54.1 Å². The van der Waals surface area contributed by atoms with E-state index in [0.717, 1.165) is 79.5 Å². The first kappa shape index (κ1) is 25.8. The molecule has 1 saturated carbocycles. The number of rotatable bonds is 7. The fourth-order valence-corrected chi connectivity index (χ4v) is 5.31. The number of anilines is 1. The summed E-state index contributed by atoms with van der Waals surface area (Å²) < 4.78 is 5.52. The molecule has 2 fully saturated rings. The van der Waals surface area contributed by atoms with Crippen LogP contribution in [0.2, 0.25) is 5.02 Å². The number of aliphatic carboxylic acids is 1. The van der Waals surface area contributed by atoms with Crippen LogP contribution in [0.4, 0.5) is 11.4 Å². The van der Waals surface area contributed by atoms with E-state index in [4.69, 9.17) is 28.0 Å². The first-order valence-electron chi connectivity index (χ1n) is 12.9. The number of carboxylic acid groups (broad SMARTS) is 1. The molecule has 1 aliphatic heterocycles.